The van der Waals surface area contributed by atoms with Crippen molar-refractivity contribution in [3.05, 3.63) is 63.3 Å². The van der Waals surface area contributed by atoms with Crippen LogP contribution in [0.1, 0.15) is 18.5 Å². The molecule has 0 saturated carbocycles. The molecular formula is C20H17Cl3F3N3O2. The summed E-state index contributed by atoms with van der Waals surface area (Å²) in [5, 5.41) is 7.57. The Hall–Kier alpha value is -2.16. The van der Waals surface area contributed by atoms with E-state index in [2.05, 4.69) is 10.4 Å². The van der Waals surface area contributed by atoms with Gasteiger partial charge >= 0.3 is 6.18 Å². The number of rotatable bonds is 7. The van der Waals surface area contributed by atoms with Gasteiger partial charge in [0, 0.05) is 22.7 Å². The molecule has 1 aliphatic rings. The molecule has 11 heteroatoms. The standard InChI is InChI=1S/C20H17Cl3F3N3O2/c21-13-6-5-12(15(23)9-13)7-8-27-18(30)11-31-19-10-17(20(24,25)26)28-29(19)16-4-2-1-3-14(16)22/h1-4,6,9-10,12H,5,7-8,11H2,(H,27,30). The molecule has 0 radical (unpaired) electrons. The average molecular weight is 495 g/mol. The quantitative estimate of drug-likeness (QED) is 0.538. The van der Waals surface area contributed by atoms with Crippen LogP contribution in [0.5, 0.6) is 5.88 Å². The van der Waals surface area contributed by atoms with Gasteiger partial charge in [-0.2, -0.15) is 23.0 Å². The number of alkyl halides is 3. The molecule has 1 atom stereocenters. The Balaban J connectivity index is 1.62. The van der Waals surface area contributed by atoms with Gasteiger partial charge in [-0.3, -0.25) is 4.79 Å². The summed E-state index contributed by atoms with van der Waals surface area (Å²) < 4.78 is 45.6. The molecule has 1 N–H and O–H groups in total. The highest BCUT2D eigenvalue weighted by Crippen LogP contribution is 2.33. The van der Waals surface area contributed by atoms with Crippen molar-refractivity contribution < 1.29 is 22.7 Å². The van der Waals surface area contributed by atoms with Crippen LogP contribution in [0.15, 0.2) is 52.5 Å². The SMILES string of the molecule is O=C(COc1cc(C(F)(F)F)nn1-c1ccccc1Cl)NCCC1CC=C(Cl)C=C1Cl. The number of allylic oxidation sites excluding steroid dienone is 4. The highest BCUT2D eigenvalue weighted by Gasteiger charge is 2.36. The molecule has 31 heavy (non-hydrogen) atoms. The number of aromatic nitrogens is 2. The molecule has 3 rings (SSSR count). The molecule has 1 amide bonds. The fourth-order valence-electron chi connectivity index (χ4n) is 2.91. The van der Waals surface area contributed by atoms with Crippen LogP contribution < -0.4 is 10.1 Å². The lowest BCUT2D eigenvalue weighted by Gasteiger charge is -2.18. The summed E-state index contributed by atoms with van der Waals surface area (Å²) in [4.78, 5) is 12.1. The maximum absolute atomic E-state index is 13.1. The highest BCUT2D eigenvalue weighted by molar-refractivity contribution is 6.35. The van der Waals surface area contributed by atoms with E-state index in [1.807, 2.05) is 6.08 Å². The zero-order valence-corrected chi connectivity index (χ0v) is 18.2. The number of benzene rings is 1. The Bertz CT molecular complexity index is 1020. The van der Waals surface area contributed by atoms with Crippen molar-refractivity contribution in [2.24, 2.45) is 5.92 Å². The zero-order valence-electron chi connectivity index (χ0n) is 15.9. The highest BCUT2D eigenvalue weighted by atomic mass is 35.5. The molecule has 1 heterocycles. The molecule has 1 aromatic heterocycles. The first-order valence-electron chi connectivity index (χ1n) is 9.19. The Kier molecular flexibility index (Phi) is 7.56. The van der Waals surface area contributed by atoms with E-state index in [-0.39, 0.29) is 22.5 Å². The number of carbonyl (C=O) groups excluding carboxylic acids is 1. The number of nitrogens with zero attached hydrogens (tertiary/aromatic N) is 2. The van der Waals surface area contributed by atoms with Crippen LogP contribution in [0, 0.1) is 5.92 Å². The van der Waals surface area contributed by atoms with Crippen LogP contribution in [-0.2, 0) is 11.0 Å². The van der Waals surface area contributed by atoms with Crippen molar-refractivity contribution in [2.45, 2.75) is 19.0 Å². The van der Waals surface area contributed by atoms with Gasteiger partial charge in [0.05, 0.1) is 10.7 Å². The van der Waals surface area contributed by atoms with Gasteiger partial charge in [-0.05, 0) is 37.0 Å². The third-order valence-corrected chi connectivity index (χ3v) is 5.48. The Morgan fingerprint density at radius 2 is 2.00 bits per heavy atom. The van der Waals surface area contributed by atoms with E-state index in [1.54, 1.807) is 18.2 Å². The minimum Gasteiger partial charge on any atom is -0.467 e. The third-order valence-electron chi connectivity index (χ3n) is 4.48. The van der Waals surface area contributed by atoms with E-state index in [9.17, 15) is 18.0 Å². The third kappa shape index (κ3) is 6.18. The smallest absolute Gasteiger partial charge is 0.435 e. The lowest BCUT2D eigenvalue weighted by Crippen LogP contribution is -2.31. The fraction of sp³-hybridized carbons (Fsp3) is 0.300. The predicted octanol–water partition coefficient (Wildman–Crippen LogP) is 5.69. The second-order valence-corrected chi connectivity index (χ2v) is 7.99. The molecule has 0 saturated heterocycles. The minimum atomic E-state index is -4.68. The van der Waals surface area contributed by atoms with Crippen LogP contribution in [0.2, 0.25) is 5.02 Å². The van der Waals surface area contributed by atoms with Gasteiger partial charge in [0.2, 0.25) is 5.88 Å². The van der Waals surface area contributed by atoms with Crippen LogP contribution >= 0.6 is 34.8 Å². The maximum Gasteiger partial charge on any atom is 0.435 e. The predicted molar refractivity (Wildman–Crippen MR) is 113 cm³/mol. The van der Waals surface area contributed by atoms with Gasteiger partial charge in [0.15, 0.2) is 12.3 Å². The second-order valence-electron chi connectivity index (χ2n) is 6.71. The first kappa shape index (κ1) is 23.5. The first-order valence-corrected chi connectivity index (χ1v) is 10.3. The van der Waals surface area contributed by atoms with Crippen LogP contribution in [0.3, 0.4) is 0 Å². The van der Waals surface area contributed by atoms with E-state index >= 15 is 0 Å². The molecule has 0 fully saturated rings. The van der Waals surface area contributed by atoms with Crippen molar-refractivity contribution in [1.29, 1.82) is 0 Å². The topological polar surface area (TPSA) is 56.1 Å². The molecule has 0 bridgehead atoms. The molecule has 1 aromatic carbocycles. The van der Waals surface area contributed by atoms with Gasteiger partial charge in [0.25, 0.3) is 5.91 Å². The monoisotopic (exact) mass is 493 g/mol. The number of para-hydroxylation sites is 1. The summed E-state index contributed by atoms with van der Waals surface area (Å²) in [5.41, 5.74) is -0.964. The molecular weight excluding hydrogens is 478 g/mol. The number of carbonyl (C=O) groups is 1. The Morgan fingerprint density at radius 3 is 2.68 bits per heavy atom. The summed E-state index contributed by atoms with van der Waals surface area (Å²) in [6.45, 7) is -0.173. The lowest BCUT2D eigenvalue weighted by atomic mass is 9.97. The van der Waals surface area contributed by atoms with E-state index in [4.69, 9.17) is 39.5 Å². The molecule has 1 unspecified atom stereocenters. The van der Waals surface area contributed by atoms with E-state index < -0.39 is 24.4 Å². The van der Waals surface area contributed by atoms with Crippen molar-refractivity contribution in [3.8, 4) is 11.6 Å². The molecule has 2 aromatic rings. The normalized spacial score (nSPS) is 16.5. The Labute approximate surface area is 191 Å². The first-order chi connectivity index (χ1) is 14.6. The number of hydrogen-bond donors (Lipinski definition) is 1. The summed E-state index contributed by atoms with van der Waals surface area (Å²) in [5.74, 6) is -0.708. The fourth-order valence-corrected chi connectivity index (χ4v) is 3.70. The lowest BCUT2D eigenvalue weighted by molar-refractivity contribution is -0.141. The molecule has 5 nitrogen and oxygen atoms in total. The van der Waals surface area contributed by atoms with Gasteiger partial charge in [0.1, 0.15) is 0 Å². The molecule has 0 spiro atoms. The van der Waals surface area contributed by atoms with E-state index in [0.717, 1.165) is 10.7 Å². The number of ether oxygens (including phenoxy) is 1. The maximum atomic E-state index is 13.1. The van der Waals surface area contributed by atoms with Gasteiger partial charge in [-0.15, -0.1) is 0 Å². The summed E-state index contributed by atoms with van der Waals surface area (Å²) in [6.07, 6.45) is 0.0692. The summed E-state index contributed by atoms with van der Waals surface area (Å²) in [6, 6.07) is 6.95. The van der Waals surface area contributed by atoms with Gasteiger partial charge in [-0.1, -0.05) is 53.0 Å². The van der Waals surface area contributed by atoms with Crippen molar-refractivity contribution in [1.82, 2.24) is 15.1 Å². The van der Waals surface area contributed by atoms with Gasteiger partial charge < -0.3 is 10.1 Å². The molecule has 166 valence electrons. The molecule has 0 aliphatic heterocycles. The minimum absolute atomic E-state index is 0.0429. The second kappa shape index (κ2) is 9.97. The van der Waals surface area contributed by atoms with Crippen molar-refractivity contribution >= 4 is 40.7 Å². The largest absolute Gasteiger partial charge is 0.467 e. The number of amides is 1. The van der Waals surface area contributed by atoms with Crippen LogP contribution in [0.4, 0.5) is 13.2 Å². The Morgan fingerprint density at radius 1 is 1.26 bits per heavy atom. The molecule has 1 aliphatic carbocycles. The number of halogens is 6. The van der Waals surface area contributed by atoms with E-state index in [1.165, 1.54) is 12.1 Å². The van der Waals surface area contributed by atoms with Crippen molar-refractivity contribution in [2.75, 3.05) is 13.2 Å². The van der Waals surface area contributed by atoms with E-state index in [0.29, 0.717) is 29.5 Å². The van der Waals surface area contributed by atoms with Crippen molar-refractivity contribution in [3.63, 3.8) is 0 Å². The average Bonchev–Trinajstić information content (AvgIpc) is 3.13. The summed E-state index contributed by atoms with van der Waals surface area (Å²) >= 11 is 18.1. The number of hydrogen-bond acceptors (Lipinski definition) is 3. The summed E-state index contributed by atoms with van der Waals surface area (Å²) in [7, 11) is 0. The van der Waals surface area contributed by atoms with Crippen LogP contribution in [0.25, 0.3) is 5.69 Å². The van der Waals surface area contributed by atoms with Gasteiger partial charge in [-0.25, -0.2) is 0 Å². The number of nitrogens with one attached hydrogen (secondary N) is 1. The van der Waals surface area contributed by atoms with Crippen LogP contribution in [-0.4, -0.2) is 28.8 Å². The zero-order chi connectivity index (χ0) is 22.6.